The molecule has 2 aromatic heterocycles. The van der Waals surface area contributed by atoms with Crippen LogP contribution in [-0.4, -0.2) is 14.7 Å². The highest BCUT2D eigenvalue weighted by Gasteiger charge is 2.41. The monoisotopic (exact) mass is 382 g/mol. The number of aryl methyl sites for hydroxylation is 1. The molecule has 26 heavy (non-hydrogen) atoms. The molecule has 4 rings (SSSR count). The molecule has 4 nitrogen and oxygen atoms in total. The van der Waals surface area contributed by atoms with Crippen LogP contribution in [0.25, 0.3) is 0 Å². The zero-order valence-corrected chi connectivity index (χ0v) is 15.9. The Kier molecular flexibility index (Phi) is 4.66. The van der Waals surface area contributed by atoms with E-state index in [9.17, 15) is 0 Å². The average molecular weight is 383 g/mol. The maximum atomic E-state index is 6.08. The van der Waals surface area contributed by atoms with Crippen LogP contribution in [0.15, 0.2) is 67.0 Å². The number of hydrogen-bond acceptors (Lipinski definition) is 2. The number of thiocarbonyl (C=S) groups is 1. The van der Waals surface area contributed by atoms with Crippen LogP contribution < -0.4 is 10.2 Å². The van der Waals surface area contributed by atoms with E-state index in [2.05, 4.69) is 45.0 Å². The molecule has 1 fully saturated rings. The summed E-state index contributed by atoms with van der Waals surface area (Å²) in [7, 11) is 0. The van der Waals surface area contributed by atoms with Crippen LogP contribution in [0.2, 0.25) is 5.02 Å². The number of benzene rings is 1. The van der Waals surface area contributed by atoms with Crippen LogP contribution >= 0.6 is 23.8 Å². The van der Waals surface area contributed by atoms with Gasteiger partial charge in [0.15, 0.2) is 5.11 Å². The van der Waals surface area contributed by atoms with E-state index in [1.165, 1.54) is 5.69 Å². The average Bonchev–Trinajstić information content (AvgIpc) is 3.27. The Bertz CT molecular complexity index is 907. The molecular formula is C20H19ClN4S. The standard InChI is InChI=1S/C20H19ClN4S/c1-2-24-13-5-7-17(24)19-18(16-6-3-4-12-22-16)23-20(26)25(19)15-10-8-14(21)9-11-15/h3-13,18-19H,2H2,1H3,(H,23,26)/t18-,19-/m0/s1. The van der Waals surface area contributed by atoms with E-state index in [-0.39, 0.29) is 12.1 Å². The van der Waals surface area contributed by atoms with Gasteiger partial charge in [0.05, 0.1) is 11.7 Å². The van der Waals surface area contributed by atoms with Gasteiger partial charge in [-0.2, -0.15) is 0 Å². The fourth-order valence-corrected chi connectivity index (χ4v) is 3.99. The number of nitrogens with zero attached hydrogens (tertiary/aromatic N) is 3. The van der Waals surface area contributed by atoms with Crippen LogP contribution in [0.4, 0.5) is 5.69 Å². The highest BCUT2D eigenvalue weighted by atomic mass is 35.5. The van der Waals surface area contributed by atoms with Gasteiger partial charge in [0, 0.05) is 35.3 Å². The lowest BCUT2D eigenvalue weighted by Gasteiger charge is -2.28. The molecule has 0 saturated carbocycles. The summed E-state index contributed by atoms with van der Waals surface area (Å²) in [6, 6.07) is 18.0. The van der Waals surface area contributed by atoms with Gasteiger partial charge in [-0.1, -0.05) is 17.7 Å². The van der Waals surface area contributed by atoms with Gasteiger partial charge in [-0.25, -0.2) is 0 Å². The van der Waals surface area contributed by atoms with Crippen molar-refractivity contribution in [1.29, 1.82) is 0 Å². The number of anilines is 1. The zero-order chi connectivity index (χ0) is 18.1. The molecule has 1 N–H and O–H groups in total. The van der Waals surface area contributed by atoms with Gasteiger partial charge < -0.3 is 14.8 Å². The van der Waals surface area contributed by atoms with Crippen LogP contribution in [0.3, 0.4) is 0 Å². The Hall–Kier alpha value is -2.37. The lowest BCUT2D eigenvalue weighted by atomic mass is 10.0. The van der Waals surface area contributed by atoms with Crippen LogP contribution in [0.5, 0.6) is 0 Å². The summed E-state index contributed by atoms with van der Waals surface area (Å²) in [6.07, 6.45) is 3.92. The Balaban J connectivity index is 1.84. The minimum absolute atomic E-state index is 0.00789. The number of rotatable bonds is 4. The van der Waals surface area contributed by atoms with Crippen LogP contribution in [0.1, 0.15) is 30.4 Å². The zero-order valence-electron chi connectivity index (χ0n) is 14.3. The molecule has 0 amide bonds. The summed E-state index contributed by atoms with van der Waals surface area (Å²) >= 11 is 11.8. The minimum Gasteiger partial charge on any atom is -0.351 e. The summed E-state index contributed by atoms with van der Waals surface area (Å²) < 4.78 is 2.25. The quantitative estimate of drug-likeness (QED) is 0.661. The summed E-state index contributed by atoms with van der Waals surface area (Å²) in [4.78, 5) is 6.73. The van der Waals surface area contributed by atoms with Gasteiger partial charge in [-0.15, -0.1) is 0 Å². The first-order valence-corrected chi connectivity index (χ1v) is 9.39. The highest BCUT2D eigenvalue weighted by Crippen LogP contribution is 2.41. The molecule has 1 aliphatic heterocycles. The number of pyridine rings is 1. The highest BCUT2D eigenvalue weighted by molar-refractivity contribution is 7.80. The molecule has 0 bridgehead atoms. The van der Waals surface area contributed by atoms with Crippen molar-refractivity contribution in [2.45, 2.75) is 25.6 Å². The van der Waals surface area contributed by atoms with Gasteiger partial charge >= 0.3 is 0 Å². The normalized spacial score (nSPS) is 19.6. The third-order valence-electron chi connectivity index (χ3n) is 4.71. The third kappa shape index (κ3) is 2.97. The molecule has 3 heterocycles. The number of aromatic nitrogens is 2. The smallest absolute Gasteiger partial charge is 0.174 e. The maximum absolute atomic E-state index is 6.08. The first-order valence-electron chi connectivity index (χ1n) is 8.60. The lowest BCUT2D eigenvalue weighted by molar-refractivity contribution is 0.529. The second-order valence-electron chi connectivity index (χ2n) is 6.19. The van der Waals surface area contributed by atoms with E-state index < -0.39 is 0 Å². The van der Waals surface area contributed by atoms with Crippen molar-refractivity contribution in [3.63, 3.8) is 0 Å². The molecule has 1 aliphatic rings. The summed E-state index contributed by atoms with van der Waals surface area (Å²) in [5.74, 6) is 0. The fraction of sp³-hybridized carbons (Fsp3) is 0.200. The minimum atomic E-state index is -0.0282. The predicted octanol–water partition coefficient (Wildman–Crippen LogP) is 4.73. The van der Waals surface area contributed by atoms with Crippen molar-refractivity contribution in [3.8, 4) is 0 Å². The Morgan fingerprint density at radius 2 is 1.92 bits per heavy atom. The molecule has 0 aliphatic carbocycles. The molecule has 1 aromatic carbocycles. The topological polar surface area (TPSA) is 33.1 Å². The Morgan fingerprint density at radius 3 is 2.62 bits per heavy atom. The van der Waals surface area contributed by atoms with E-state index in [0.717, 1.165) is 17.9 Å². The van der Waals surface area contributed by atoms with E-state index >= 15 is 0 Å². The molecule has 0 spiro atoms. The summed E-state index contributed by atoms with van der Waals surface area (Å²) in [5, 5.41) is 4.87. The first kappa shape index (κ1) is 17.1. The van der Waals surface area contributed by atoms with Crippen molar-refractivity contribution in [2.24, 2.45) is 0 Å². The molecule has 6 heteroatoms. The fourth-order valence-electron chi connectivity index (χ4n) is 3.52. The van der Waals surface area contributed by atoms with Gasteiger partial charge in [-0.05, 0) is 67.7 Å². The van der Waals surface area contributed by atoms with Crippen LogP contribution in [0, 0.1) is 0 Å². The molecule has 3 aromatic rings. The molecule has 2 atom stereocenters. The van der Waals surface area contributed by atoms with E-state index in [0.29, 0.717) is 10.1 Å². The van der Waals surface area contributed by atoms with Gasteiger partial charge in [-0.3, -0.25) is 4.98 Å². The first-order chi connectivity index (χ1) is 12.7. The predicted molar refractivity (Wildman–Crippen MR) is 109 cm³/mol. The van der Waals surface area contributed by atoms with Crippen molar-refractivity contribution in [1.82, 2.24) is 14.9 Å². The van der Waals surface area contributed by atoms with E-state index in [1.54, 1.807) is 0 Å². The molecular weight excluding hydrogens is 364 g/mol. The van der Waals surface area contributed by atoms with Crippen molar-refractivity contribution < 1.29 is 0 Å². The van der Waals surface area contributed by atoms with Gasteiger partial charge in [0.1, 0.15) is 6.04 Å². The van der Waals surface area contributed by atoms with Crippen molar-refractivity contribution in [2.75, 3.05) is 4.90 Å². The number of hydrogen-bond donors (Lipinski definition) is 1. The van der Waals surface area contributed by atoms with E-state index in [1.807, 2.05) is 48.7 Å². The SMILES string of the molecule is CCn1cccc1[C@H]1[C@H](c2ccccn2)NC(=S)N1c1ccc(Cl)cc1. The molecule has 132 valence electrons. The van der Waals surface area contributed by atoms with Crippen LogP contribution in [-0.2, 0) is 6.54 Å². The van der Waals surface area contributed by atoms with Gasteiger partial charge in [0.2, 0.25) is 0 Å². The lowest BCUT2D eigenvalue weighted by Crippen LogP contribution is -2.30. The second-order valence-corrected chi connectivity index (χ2v) is 7.02. The summed E-state index contributed by atoms with van der Waals surface area (Å²) in [5.41, 5.74) is 3.19. The van der Waals surface area contributed by atoms with Crippen molar-refractivity contribution >= 4 is 34.6 Å². The Morgan fingerprint density at radius 1 is 1.12 bits per heavy atom. The largest absolute Gasteiger partial charge is 0.351 e. The summed E-state index contributed by atoms with van der Waals surface area (Å²) in [6.45, 7) is 3.04. The number of nitrogens with one attached hydrogen (secondary N) is 1. The molecule has 1 saturated heterocycles. The van der Waals surface area contributed by atoms with E-state index in [4.69, 9.17) is 23.8 Å². The molecule has 0 unspecified atom stereocenters. The van der Waals surface area contributed by atoms with Gasteiger partial charge in [0.25, 0.3) is 0 Å². The second kappa shape index (κ2) is 7.09. The third-order valence-corrected chi connectivity index (χ3v) is 5.28. The Labute approximate surface area is 163 Å². The number of halogens is 1. The molecule has 0 radical (unpaired) electrons. The maximum Gasteiger partial charge on any atom is 0.174 e. The van der Waals surface area contributed by atoms with Crippen molar-refractivity contribution in [3.05, 3.63) is 83.4 Å².